The summed E-state index contributed by atoms with van der Waals surface area (Å²) in [5, 5.41) is 9.73. The Morgan fingerprint density at radius 2 is 1.81 bits per heavy atom. The van der Waals surface area contributed by atoms with Crippen LogP contribution >= 0.6 is 0 Å². The van der Waals surface area contributed by atoms with Gasteiger partial charge in [0.15, 0.2) is 6.10 Å². The van der Waals surface area contributed by atoms with E-state index in [2.05, 4.69) is 0 Å². The van der Waals surface area contributed by atoms with Gasteiger partial charge in [0.1, 0.15) is 5.82 Å². The van der Waals surface area contributed by atoms with Gasteiger partial charge in [0, 0.05) is 18.7 Å². The van der Waals surface area contributed by atoms with Gasteiger partial charge in [0.05, 0.1) is 16.8 Å². The maximum absolute atomic E-state index is 13.7. The van der Waals surface area contributed by atoms with Crippen molar-refractivity contribution >= 4 is 0 Å². The third kappa shape index (κ3) is 2.95. The zero-order valence-electron chi connectivity index (χ0n) is 12.8. The lowest BCUT2D eigenvalue weighted by atomic mass is 9.99. The van der Waals surface area contributed by atoms with Crippen molar-refractivity contribution in [1.82, 2.24) is 4.57 Å². The molecular weight excluding hydrogens is 374 g/mol. The molecule has 2 nitrogen and oxygen atoms in total. The van der Waals surface area contributed by atoms with E-state index in [0.29, 0.717) is 18.2 Å². The molecule has 1 unspecified atom stereocenters. The van der Waals surface area contributed by atoms with Crippen molar-refractivity contribution < 1.29 is 40.2 Å². The smallest absolute Gasteiger partial charge is 0.381 e. The van der Waals surface area contributed by atoms with Crippen LogP contribution in [0.25, 0.3) is 11.3 Å². The van der Waals surface area contributed by atoms with Crippen LogP contribution in [-0.4, -0.2) is 15.6 Å². The lowest BCUT2D eigenvalue weighted by molar-refractivity contribution is -0.152. The molecule has 1 N–H and O–H groups in total. The van der Waals surface area contributed by atoms with Crippen LogP contribution in [0.5, 0.6) is 0 Å². The second kappa shape index (κ2) is 5.97. The lowest BCUT2D eigenvalue weighted by Gasteiger charge is -2.31. The Kier molecular flexibility index (Phi) is 4.29. The summed E-state index contributed by atoms with van der Waals surface area (Å²) in [6.07, 6.45) is -11.9. The molecule has 1 aliphatic rings. The fourth-order valence-corrected chi connectivity index (χ4v) is 3.03. The molecule has 2 aromatic rings. The molecule has 0 saturated carbocycles. The fourth-order valence-electron chi connectivity index (χ4n) is 3.03. The predicted octanol–water partition coefficient (Wildman–Crippen LogP) is 5.32. The Hall–Kier alpha value is -2.10. The monoisotopic (exact) mass is 385 g/mol. The first-order valence-corrected chi connectivity index (χ1v) is 7.38. The van der Waals surface area contributed by atoms with Crippen molar-refractivity contribution in [2.24, 2.45) is 0 Å². The van der Waals surface area contributed by atoms with E-state index >= 15 is 0 Å². The van der Waals surface area contributed by atoms with Crippen LogP contribution < -0.4 is 0 Å². The number of aromatic nitrogens is 1. The van der Waals surface area contributed by atoms with Crippen LogP contribution in [0.1, 0.15) is 35.8 Å². The highest BCUT2D eigenvalue weighted by Crippen LogP contribution is 2.47. The van der Waals surface area contributed by atoms with Crippen LogP contribution in [0.15, 0.2) is 24.3 Å². The first kappa shape index (κ1) is 18.7. The number of alkyl halides is 7. The van der Waals surface area contributed by atoms with Gasteiger partial charge in [-0.2, -0.15) is 13.2 Å². The third-order valence-electron chi connectivity index (χ3n) is 4.30. The second-order valence-corrected chi connectivity index (χ2v) is 5.93. The number of nitrogens with zero attached hydrogens (tertiary/aromatic N) is 1. The molecule has 0 bridgehead atoms. The highest BCUT2D eigenvalue weighted by Gasteiger charge is 2.50. The van der Waals surface area contributed by atoms with Crippen LogP contribution in [0.2, 0.25) is 0 Å². The molecule has 1 aliphatic heterocycles. The molecule has 26 heavy (non-hydrogen) atoms. The maximum Gasteiger partial charge on any atom is 0.418 e. The van der Waals surface area contributed by atoms with E-state index in [4.69, 9.17) is 0 Å². The topological polar surface area (TPSA) is 25.2 Å². The van der Waals surface area contributed by atoms with Crippen LogP contribution in [0, 0.1) is 5.82 Å². The van der Waals surface area contributed by atoms with Gasteiger partial charge < -0.3 is 9.67 Å². The van der Waals surface area contributed by atoms with E-state index in [1.165, 1.54) is 0 Å². The molecule has 0 aliphatic carbocycles. The minimum Gasteiger partial charge on any atom is -0.381 e. The van der Waals surface area contributed by atoms with Gasteiger partial charge in [0.25, 0.3) is 12.3 Å². The summed E-state index contributed by atoms with van der Waals surface area (Å²) in [5.41, 5.74) is -4.04. The normalized spacial score (nSPS) is 19.7. The number of aliphatic hydroxyl groups is 1. The quantitative estimate of drug-likeness (QED) is 0.696. The van der Waals surface area contributed by atoms with Gasteiger partial charge in [-0.1, -0.05) is 0 Å². The maximum atomic E-state index is 13.7. The first-order chi connectivity index (χ1) is 11.9. The fraction of sp³-hybridized carbons (Fsp3) is 0.375. The van der Waals surface area contributed by atoms with Crippen LogP contribution in [0.3, 0.4) is 0 Å². The summed E-state index contributed by atoms with van der Waals surface area (Å²) in [4.78, 5) is 0. The van der Waals surface area contributed by atoms with Gasteiger partial charge in [-0.25, -0.2) is 22.0 Å². The van der Waals surface area contributed by atoms with Gasteiger partial charge >= 0.3 is 6.18 Å². The molecule has 0 fully saturated rings. The summed E-state index contributed by atoms with van der Waals surface area (Å²) in [6, 6.07) is 2.81. The number of halogens is 8. The van der Waals surface area contributed by atoms with Gasteiger partial charge in [-0.15, -0.1) is 0 Å². The van der Waals surface area contributed by atoms with Crippen molar-refractivity contribution in [2.75, 3.05) is 0 Å². The Bertz CT molecular complexity index is 840. The van der Waals surface area contributed by atoms with E-state index in [1.807, 2.05) is 0 Å². The van der Waals surface area contributed by atoms with Gasteiger partial charge in [-0.3, -0.25) is 0 Å². The summed E-state index contributed by atoms with van der Waals surface area (Å²) < 4.78 is 107. The summed E-state index contributed by atoms with van der Waals surface area (Å²) in [7, 11) is 0. The molecular formula is C16H11F8NO. The standard InChI is InChI=1S/C16H11F8NO/c17-10-2-1-7(5-8(10)14(18)19)11-6-9(16(22,23)24)12-13(26)15(20,21)3-4-25(11)12/h1-2,5-6,13-14,26H,3-4H2. The minimum atomic E-state index is -5.05. The number of benzene rings is 1. The zero-order chi connectivity index (χ0) is 19.4. The number of rotatable bonds is 2. The second-order valence-electron chi connectivity index (χ2n) is 5.93. The van der Waals surface area contributed by atoms with Crippen molar-refractivity contribution in [3.63, 3.8) is 0 Å². The molecule has 0 radical (unpaired) electrons. The van der Waals surface area contributed by atoms with Crippen molar-refractivity contribution in [3.05, 3.63) is 46.9 Å². The van der Waals surface area contributed by atoms with E-state index in [1.54, 1.807) is 0 Å². The third-order valence-corrected chi connectivity index (χ3v) is 4.30. The molecule has 10 heteroatoms. The molecule has 142 valence electrons. The summed E-state index contributed by atoms with van der Waals surface area (Å²) in [6.45, 7) is -0.563. The van der Waals surface area contributed by atoms with Crippen LogP contribution in [0.4, 0.5) is 35.1 Å². The van der Waals surface area contributed by atoms with Crippen molar-refractivity contribution in [1.29, 1.82) is 0 Å². The Labute approximate surface area is 141 Å². The van der Waals surface area contributed by atoms with Crippen molar-refractivity contribution in [2.45, 2.75) is 37.6 Å². The van der Waals surface area contributed by atoms with Gasteiger partial charge in [0.2, 0.25) is 0 Å². The van der Waals surface area contributed by atoms with Gasteiger partial charge in [-0.05, 0) is 29.8 Å². The number of aliphatic hydroxyl groups excluding tert-OH is 1. The number of hydrogen-bond acceptors (Lipinski definition) is 1. The van der Waals surface area contributed by atoms with E-state index < -0.39 is 60.2 Å². The number of hydrogen-bond donors (Lipinski definition) is 1. The van der Waals surface area contributed by atoms with E-state index in [9.17, 15) is 40.2 Å². The van der Waals surface area contributed by atoms with Crippen molar-refractivity contribution in [3.8, 4) is 11.3 Å². The van der Waals surface area contributed by atoms with E-state index in [-0.39, 0.29) is 11.3 Å². The molecule has 3 rings (SSSR count). The summed E-state index contributed by atoms with van der Waals surface area (Å²) in [5.74, 6) is -5.00. The molecule has 0 spiro atoms. The Morgan fingerprint density at radius 3 is 2.38 bits per heavy atom. The number of fused-ring (bicyclic) bond motifs is 1. The average Bonchev–Trinajstić information content (AvgIpc) is 2.91. The first-order valence-electron chi connectivity index (χ1n) is 7.38. The zero-order valence-corrected chi connectivity index (χ0v) is 12.8. The van der Waals surface area contributed by atoms with Crippen LogP contribution in [-0.2, 0) is 12.7 Å². The highest BCUT2D eigenvalue weighted by molar-refractivity contribution is 5.64. The lowest BCUT2D eigenvalue weighted by Crippen LogP contribution is -2.36. The van der Waals surface area contributed by atoms with E-state index in [0.717, 1.165) is 10.6 Å². The SMILES string of the molecule is OC1c2c(C(F)(F)F)cc(-c3ccc(F)c(C(F)F)c3)n2CCC1(F)F. The highest BCUT2D eigenvalue weighted by atomic mass is 19.4. The Balaban J connectivity index is 2.24. The average molecular weight is 385 g/mol. The minimum absolute atomic E-state index is 0.198. The molecule has 1 atom stereocenters. The predicted molar refractivity (Wildman–Crippen MR) is 74.3 cm³/mol. The summed E-state index contributed by atoms with van der Waals surface area (Å²) >= 11 is 0. The molecule has 0 amide bonds. The molecule has 1 aromatic heterocycles. The molecule has 0 saturated heterocycles. The Morgan fingerprint density at radius 1 is 1.15 bits per heavy atom. The largest absolute Gasteiger partial charge is 0.418 e. The molecule has 2 heterocycles. The molecule has 1 aromatic carbocycles.